The fourth-order valence-corrected chi connectivity index (χ4v) is 2.96. The average Bonchev–Trinajstić information content (AvgIpc) is 2.34. The molecular weight excluding hydrogens is 192 g/mol. The molecule has 0 saturated heterocycles. The summed E-state index contributed by atoms with van der Waals surface area (Å²) in [6.07, 6.45) is 0. The van der Waals surface area contributed by atoms with Crippen molar-refractivity contribution < 1.29 is 9.90 Å². The van der Waals surface area contributed by atoms with Gasteiger partial charge in [0.15, 0.2) is 0 Å². The Morgan fingerprint density at radius 3 is 2.67 bits per heavy atom. The molecule has 66 valence electrons. The van der Waals surface area contributed by atoms with Gasteiger partial charge in [0.1, 0.15) is 4.88 Å². The van der Waals surface area contributed by atoms with Crippen LogP contribution in [0.2, 0.25) is 0 Å². The fraction of sp³-hybridized carbons (Fsp3) is 0.375. The first-order valence-corrected chi connectivity index (χ1v) is 5.29. The summed E-state index contributed by atoms with van der Waals surface area (Å²) < 4.78 is 1.07. The second-order valence-corrected chi connectivity index (χ2v) is 5.55. The summed E-state index contributed by atoms with van der Waals surface area (Å²) in [5, 5.41) is 9.14. The number of carboxylic acid groups (broad SMARTS) is 1. The Bertz CT molecular complexity index is 278. The zero-order valence-electron chi connectivity index (χ0n) is 6.90. The zero-order valence-corrected chi connectivity index (χ0v) is 8.54. The van der Waals surface area contributed by atoms with Crippen LogP contribution in [0.5, 0.6) is 0 Å². The van der Waals surface area contributed by atoms with Gasteiger partial charge in [-0.2, -0.15) is 0 Å². The molecule has 1 aromatic heterocycles. The SMILES string of the molecule is CC(C)Sc1ccc(C(=O)O)s1. The van der Waals surface area contributed by atoms with Crippen LogP contribution in [-0.4, -0.2) is 16.3 Å². The summed E-state index contributed by atoms with van der Waals surface area (Å²) >= 11 is 3.02. The van der Waals surface area contributed by atoms with Crippen molar-refractivity contribution in [3.05, 3.63) is 17.0 Å². The highest BCUT2D eigenvalue weighted by Gasteiger charge is 2.07. The third-order valence-corrected chi connectivity index (χ3v) is 3.39. The molecule has 2 nitrogen and oxygen atoms in total. The number of carbonyl (C=O) groups is 1. The molecule has 1 rings (SSSR count). The van der Waals surface area contributed by atoms with Crippen molar-refractivity contribution >= 4 is 29.1 Å². The van der Waals surface area contributed by atoms with Gasteiger partial charge in [0.2, 0.25) is 0 Å². The molecule has 0 aromatic carbocycles. The second kappa shape index (κ2) is 3.96. The second-order valence-electron chi connectivity index (χ2n) is 2.59. The lowest BCUT2D eigenvalue weighted by Gasteiger charge is -1.98. The van der Waals surface area contributed by atoms with Crippen molar-refractivity contribution in [2.75, 3.05) is 0 Å². The molecule has 1 aromatic rings. The van der Waals surface area contributed by atoms with E-state index in [1.165, 1.54) is 11.3 Å². The molecule has 1 N–H and O–H groups in total. The van der Waals surface area contributed by atoms with Crippen molar-refractivity contribution in [1.82, 2.24) is 0 Å². The van der Waals surface area contributed by atoms with E-state index in [0.29, 0.717) is 10.1 Å². The summed E-state index contributed by atoms with van der Waals surface area (Å²) in [6.45, 7) is 4.18. The number of hydrogen-bond donors (Lipinski definition) is 1. The monoisotopic (exact) mass is 202 g/mol. The van der Waals surface area contributed by atoms with Crippen LogP contribution < -0.4 is 0 Å². The summed E-state index contributed by atoms with van der Waals surface area (Å²) in [5.41, 5.74) is 0. The van der Waals surface area contributed by atoms with E-state index in [-0.39, 0.29) is 0 Å². The minimum absolute atomic E-state index is 0.415. The van der Waals surface area contributed by atoms with Crippen LogP contribution in [0.15, 0.2) is 16.3 Å². The van der Waals surface area contributed by atoms with Crippen LogP contribution in [0.3, 0.4) is 0 Å². The third kappa shape index (κ3) is 2.53. The van der Waals surface area contributed by atoms with Gasteiger partial charge in [-0.25, -0.2) is 4.79 Å². The van der Waals surface area contributed by atoms with Crippen molar-refractivity contribution in [3.8, 4) is 0 Å². The lowest BCUT2D eigenvalue weighted by Crippen LogP contribution is -1.89. The summed E-state index contributed by atoms with van der Waals surface area (Å²) in [4.78, 5) is 10.9. The summed E-state index contributed by atoms with van der Waals surface area (Å²) in [5.74, 6) is -0.837. The number of aromatic carboxylic acids is 1. The van der Waals surface area contributed by atoms with Gasteiger partial charge < -0.3 is 5.11 Å². The standard InChI is InChI=1S/C8H10O2S2/c1-5(2)11-7-4-3-6(12-7)8(9)10/h3-5H,1-2H3,(H,9,10). The van der Waals surface area contributed by atoms with Gasteiger partial charge in [-0.15, -0.1) is 23.1 Å². The maximum Gasteiger partial charge on any atom is 0.345 e. The number of thioether (sulfide) groups is 1. The quantitative estimate of drug-likeness (QED) is 0.766. The third-order valence-electron chi connectivity index (χ3n) is 1.14. The van der Waals surface area contributed by atoms with Crippen molar-refractivity contribution in [3.63, 3.8) is 0 Å². The first kappa shape index (κ1) is 9.61. The minimum atomic E-state index is -0.837. The van der Waals surface area contributed by atoms with E-state index in [1.54, 1.807) is 17.8 Å². The molecular formula is C8H10O2S2. The van der Waals surface area contributed by atoms with Crippen LogP contribution in [0.25, 0.3) is 0 Å². The van der Waals surface area contributed by atoms with E-state index in [2.05, 4.69) is 13.8 Å². The molecule has 0 bridgehead atoms. The fourth-order valence-electron chi connectivity index (χ4n) is 0.731. The smallest absolute Gasteiger partial charge is 0.345 e. The Morgan fingerprint density at radius 1 is 1.58 bits per heavy atom. The van der Waals surface area contributed by atoms with E-state index in [1.807, 2.05) is 6.07 Å². The Morgan fingerprint density at radius 2 is 2.25 bits per heavy atom. The molecule has 0 aliphatic carbocycles. The van der Waals surface area contributed by atoms with E-state index < -0.39 is 5.97 Å². The lowest BCUT2D eigenvalue weighted by atomic mass is 10.5. The van der Waals surface area contributed by atoms with Gasteiger partial charge in [-0.3, -0.25) is 0 Å². The molecule has 0 amide bonds. The molecule has 0 unspecified atom stereocenters. The highest BCUT2D eigenvalue weighted by molar-refractivity contribution is 8.01. The van der Waals surface area contributed by atoms with Gasteiger partial charge in [-0.05, 0) is 12.1 Å². The van der Waals surface area contributed by atoms with Gasteiger partial charge in [0, 0.05) is 5.25 Å². The van der Waals surface area contributed by atoms with Crippen molar-refractivity contribution in [2.45, 2.75) is 23.3 Å². The number of rotatable bonds is 3. The topological polar surface area (TPSA) is 37.3 Å². The average molecular weight is 202 g/mol. The van der Waals surface area contributed by atoms with Crippen LogP contribution in [0.1, 0.15) is 23.5 Å². The van der Waals surface area contributed by atoms with E-state index >= 15 is 0 Å². The first-order chi connectivity index (χ1) is 5.59. The summed E-state index contributed by atoms with van der Waals surface area (Å²) in [7, 11) is 0. The minimum Gasteiger partial charge on any atom is -0.477 e. The Hall–Kier alpha value is -0.480. The first-order valence-electron chi connectivity index (χ1n) is 3.59. The maximum absolute atomic E-state index is 10.5. The van der Waals surface area contributed by atoms with E-state index in [0.717, 1.165) is 4.21 Å². The molecule has 0 radical (unpaired) electrons. The summed E-state index contributed by atoms with van der Waals surface area (Å²) in [6, 6.07) is 3.51. The van der Waals surface area contributed by atoms with Crippen molar-refractivity contribution in [1.29, 1.82) is 0 Å². The molecule has 0 spiro atoms. The molecule has 0 atom stereocenters. The van der Waals surface area contributed by atoms with Crippen LogP contribution in [0, 0.1) is 0 Å². The van der Waals surface area contributed by atoms with E-state index in [4.69, 9.17) is 5.11 Å². The zero-order chi connectivity index (χ0) is 9.14. The van der Waals surface area contributed by atoms with E-state index in [9.17, 15) is 4.79 Å². The maximum atomic E-state index is 10.5. The number of carboxylic acids is 1. The van der Waals surface area contributed by atoms with Gasteiger partial charge in [0.25, 0.3) is 0 Å². The van der Waals surface area contributed by atoms with Crippen LogP contribution in [-0.2, 0) is 0 Å². The normalized spacial score (nSPS) is 10.6. The lowest BCUT2D eigenvalue weighted by molar-refractivity contribution is 0.0702. The Labute approximate surface area is 79.6 Å². The number of thiophene rings is 1. The Balaban J connectivity index is 2.71. The highest BCUT2D eigenvalue weighted by atomic mass is 32.2. The number of hydrogen-bond acceptors (Lipinski definition) is 3. The predicted octanol–water partition coefficient (Wildman–Crippen LogP) is 2.95. The molecule has 0 aliphatic rings. The largest absolute Gasteiger partial charge is 0.477 e. The highest BCUT2D eigenvalue weighted by Crippen LogP contribution is 2.30. The van der Waals surface area contributed by atoms with Crippen LogP contribution >= 0.6 is 23.1 Å². The Kier molecular flexibility index (Phi) is 3.17. The molecule has 0 saturated carbocycles. The molecule has 0 aliphatic heterocycles. The van der Waals surface area contributed by atoms with Crippen molar-refractivity contribution in [2.24, 2.45) is 0 Å². The predicted molar refractivity (Wildman–Crippen MR) is 52.3 cm³/mol. The van der Waals surface area contributed by atoms with Gasteiger partial charge in [-0.1, -0.05) is 13.8 Å². The molecule has 12 heavy (non-hydrogen) atoms. The van der Waals surface area contributed by atoms with Crippen LogP contribution in [0.4, 0.5) is 0 Å². The van der Waals surface area contributed by atoms with Gasteiger partial charge in [0.05, 0.1) is 4.21 Å². The van der Waals surface area contributed by atoms with Gasteiger partial charge >= 0.3 is 5.97 Å². The molecule has 0 fully saturated rings. The molecule has 1 heterocycles. The molecule has 4 heteroatoms.